The summed E-state index contributed by atoms with van der Waals surface area (Å²) in [6, 6.07) is 3.88. The summed E-state index contributed by atoms with van der Waals surface area (Å²) in [7, 11) is 0. The molecule has 26 heavy (non-hydrogen) atoms. The highest BCUT2D eigenvalue weighted by atomic mass is 16.5. The van der Waals surface area contributed by atoms with Crippen molar-refractivity contribution in [2.45, 2.75) is 26.1 Å². The topological polar surface area (TPSA) is 98.9 Å². The maximum atomic E-state index is 12.9. The van der Waals surface area contributed by atoms with E-state index < -0.39 is 0 Å². The third-order valence-corrected chi connectivity index (χ3v) is 4.06. The van der Waals surface area contributed by atoms with Gasteiger partial charge < -0.3 is 9.64 Å². The average molecular weight is 351 g/mol. The van der Waals surface area contributed by atoms with Gasteiger partial charge in [-0.1, -0.05) is 0 Å². The SMILES string of the molecule is Cc1cnc(C(=O)N2Cc3ccnn3C[C@@H](Oc3ncccn3)C2)cn1. The van der Waals surface area contributed by atoms with E-state index >= 15 is 0 Å². The van der Waals surface area contributed by atoms with Crippen molar-refractivity contribution in [2.24, 2.45) is 0 Å². The van der Waals surface area contributed by atoms with Gasteiger partial charge in [-0.05, 0) is 19.1 Å². The molecule has 4 heterocycles. The van der Waals surface area contributed by atoms with Crippen LogP contribution in [0.25, 0.3) is 0 Å². The third kappa shape index (κ3) is 3.37. The summed E-state index contributed by atoms with van der Waals surface area (Å²) in [5.74, 6) is -0.199. The van der Waals surface area contributed by atoms with Crippen molar-refractivity contribution in [3.63, 3.8) is 0 Å². The number of hydrogen-bond donors (Lipinski definition) is 0. The van der Waals surface area contributed by atoms with E-state index in [0.717, 1.165) is 11.4 Å². The summed E-state index contributed by atoms with van der Waals surface area (Å²) in [6.45, 7) is 3.12. The van der Waals surface area contributed by atoms with E-state index in [-0.39, 0.29) is 18.0 Å². The van der Waals surface area contributed by atoms with Gasteiger partial charge in [-0.3, -0.25) is 14.5 Å². The summed E-state index contributed by atoms with van der Waals surface area (Å²) in [5, 5.41) is 4.32. The number of aryl methyl sites for hydroxylation is 1. The Morgan fingerprint density at radius 3 is 2.73 bits per heavy atom. The maximum absolute atomic E-state index is 12.9. The highest BCUT2D eigenvalue weighted by Crippen LogP contribution is 2.17. The Balaban J connectivity index is 1.59. The van der Waals surface area contributed by atoms with Crippen molar-refractivity contribution >= 4 is 5.91 Å². The molecule has 132 valence electrons. The Hall–Kier alpha value is -3.36. The first-order valence-corrected chi connectivity index (χ1v) is 8.21. The second-order valence-electron chi connectivity index (χ2n) is 6.00. The molecule has 0 N–H and O–H groups in total. The summed E-state index contributed by atoms with van der Waals surface area (Å²) in [4.78, 5) is 31.1. The zero-order valence-electron chi connectivity index (χ0n) is 14.2. The lowest BCUT2D eigenvalue weighted by Gasteiger charge is -2.23. The first-order chi connectivity index (χ1) is 12.7. The number of rotatable bonds is 3. The van der Waals surface area contributed by atoms with Gasteiger partial charge in [0.15, 0.2) is 0 Å². The van der Waals surface area contributed by atoms with E-state index in [2.05, 4.69) is 25.0 Å². The lowest BCUT2D eigenvalue weighted by molar-refractivity contribution is 0.0631. The molecule has 9 nitrogen and oxygen atoms in total. The Bertz CT molecular complexity index is 895. The fourth-order valence-corrected chi connectivity index (χ4v) is 2.80. The molecule has 1 aliphatic rings. The molecule has 1 atom stereocenters. The average Bonchev–Trinajstić information content (AvgIpc) is 3.01. The van der Waals surface area contributed by atoms with E-state index in [9.17, 15) is 4.79 Å². The number of carbonyl (C=O) groups is 1. The van der Waals surface area contributed by atoms with Crippen LogP contribution in [0.15, 0.2) is 43.1 Å². The number of amides is 1. The van der Waals surface area contributed by atoms with E-state index in [1.54, 1.807) is 35.8 Å². The van der Waals surface area contributed by atoms with Crippen molar-refractivity contribution in [1.82, 2.24) is 34.6 Å². The van der Waals surface area contributed by atoms with E-state index in [4.69, 9.17) is 4.74 Å². The molecule has 0 spiro atoms. The van der Waals surface area contributed by atoms with Crippen LogP contribution in [0.3, 0.4) is 0 Å². The minimum absolute atomic E-state index is 0.199. The van der Waals surface area contributed by atoms with Gasteiger partial charge in [-0.15, -0.1) is 0 Å². The van der Waals surface area contributed by atoms with Crippen molar-refractivity contribution in [3.05, 3.63) is 60.2 Å². The van der Waals surface area contributed by atoms with Crippen LogP contribution in [-0.2, 0) is 13.1 Å². The standard InChI is InChI=1S/C17H17N7O2/c1-12-7-21-15(8-20-12)16(25)23-9-13-3-6-22-24(13)11-14(10-23)26-17-18-4-2-5-19-17/h2-8,14H,9-11H2,1H3/t14-/m0/s1. The Morgan fingerprint density at radius 1 is 1.12 bits per heavy atom. The van der Waals surface area contributed by atoms with Crippen LogP contribution in [0.4, 0.5) is 0 Å². The van der Waals surface area contributed by atoms with Gasteiger partial charge in [0.1, 0.15) is 11.8 Å². The fourth-order valence-electron chi connectivity index (χ4n) is 2.80. The van der Waals surface area contributed by atoms with Crippen molar-refractivity contribution in [2.75, 3.05) is 6.54 Å². The summed E-state index contributed by atoms with van der Waals surface area (Å²) in [6.07, 6.45) is 7.69. The van der Waals surface area contributed by atoms with Gasteiger partial charge >= 0.3 is 6.01 Å². The Morgan fingerprint density at radius 2 is 1.96 bits per heavy atom. The molecule has 0 bridgehead atoms. The largest absolute Gasteiger partial charge is 0.456 e. The zero-order valence-corrected chi connectivity index (χ0v) is 14.2. The monoisotopic (exact) mass is 351 g/mol. The van der Waals surface area contributed by atoms with Crippen molar-refractivity contribution in [1.29, 1.82) is 0 Å². The maximum Gasteiger partial charge on any atom is 0.316 e. The van der Waals surface area contributed by atoms with Crippen LogP contribution in [0.1, 0.15) is 21.9 Å². The highest BCUT2D eigenvalue weighted by Gasteiger charge is 2.28. The molecular formula is C17H17N7O2. The van der Waals surface area contributed by atoms with Gasteiger partial charge in [-0.2, -0.15) is 5.10 Å². The molecule has 9 heteroatoms. The molecule has 0 saturated carbocycles. The van der Waals surface area contributed by atoms with E-state index in [0.29, 0.717) is 25.3 Å². The molecular weight excluding hydrogens is 334 g/mol. The summed E-state index contributed by atoms with van der Waals surface area (Å²) < 4.78 is 7.72. The lowest BCUT2D eigenvalue weighted by atomic mass is 10.3. The molecule has 0 fully saturated rings. The summed E-state index contributed by atoms with van der Waals surface area (Å²) in [5.41, 5.74) is 2.00. The number of aromatic nitrogens is 6. The molecule has 0 aliphatic carbocycles. The minimum atomic E-state index is -0.332. The van der Waals surface area contributed by atoms with Crippen LogP contribution >= 0.6 is 0 Å². The molecule has 1 amide bonds. The number of carbonyl (C=O) groups excluding carboxylic acids is 1. The zero-order chi connectivity index (χ0) is 17.9. The predicted octanol–water partition coefficient (Wildman–Crippen LogP) is 0.875. The van der Waals surface area contributed by atoms with Crippen molar-refractivity contribution < 1.29 is 9.53 Å². The highest BCUT2D eigenvalue weighted by molar-refractivity contribution is 5.92. The first-order valence-electron chi connectivity index (χ1n) is 8.21. The molecule has 3 aromatic rings. The quantitative estimate of drug-likeness (QED) is 0.690. The van der Waals surface area contributed by atoms with Gasteiger partial charge in [0.05, 0.1) is 37.2 Å². The molecule has 4 rings (SSSR count). The van der Waals surface area contributed by atoms with Gasteiger partial charge in [0, 0.05) is 24.8 Å². The van der Waals surface area contributed by atoms with Crippen LogP contribution in [0.5, 0.6) is 6.01 Å². The molecule has 0 unspecified atom stereocenters. The van der Waals surface area contributed by atoms with Gasteiger partial charge in [0.2, 0.25) is 0 Å². The first kappa shape index (κ1) is 16.1. The molecule has 0 saturated heterocycles. The Labute approximate surface area is 149 Å². The van der Waals surface area contributed by atoms with Crippen LogP contribution in [0, 0.1) is 6.92 Å². The minimum Gasteiger partial charge on any atom is -0.456 e. The second-order valence-corrected chi connectivity index (χ2v) is 6.00. The number of hydrogen-bond acceptors (Lipinski definition) is 7. The molecule has 1 aliphatic heterocycles. The van der Waals surface area contributed by atoms with E-state index in [1.807, 2.05) is 17.7 Å². The van der Waals surface area contributed by atoms with Crippen LogP contribution in [-0.4, -0.2) is 53.2 Å². The number of ether oxygens (including phenoxy) is 1. The lowest BCUT2D eigenvalue weighted by Crippen LogP contribution is -2.39. The molecule has 0 aromatic carbocycles. The third-order valence-electron chi connectivity index (χ3n) is 4.06. The van der Waals surface area contributed by atoms with Gasteiger partial charge in [0.25, 0.3) is 5.91 Å². The molecule has 0 radical (unpaired) electrons. The predicted molar refractivity (Wildman–Crippen MR) is 90.2 cm³/mol. The fraction of sp³-hybridized carbons (Fsp3) is 0.294. The normalized spacial score (nSPS) is 16.7. The number of fused-ring (bicyclic) bond motifs is 1. The Kier molecular flexibility index (Phi) is 4.26. The smallest absolute Gasteiger partial charge is 0.316 e. The van der Waals surface area contributed by atoms with Gasteiger partial charge in [-0.25, -0.2) is 15.0 Å². The van der Waals surface area contributed by atoms with Crippen LogP contribution in [0.2, 0.25) is 0 Å². The van der Waals surface area contributed by atoms with Crippen LogP contribution < -0.4 is 4.74 Å². The summed E-state index contributed by atoms with van der Waals surface area (Å²) >= 11 is 0. The van der Waals surface area contributed by atoms with E-state index in [1.165, 1.54) is 6.20 Å². The second kappa shape index (κ2) is 6.87. The molecule has 3 aromatic heterocycles. The van der Waals surface area contributed by atoms with Crippen molar-refractivity contribution in [3.8, 4) is 6.01 Å². The number of nitrogens with zero attached hydrogens (tertiary/aromatic N) is 7.